The van der Waals surface area contributed by atoms with Gasteiger partial charge in [-0.05, 0) is 43.5 Å². The minimum atomic E-state index is 0.231. The summed E-state index contributed by atoms with van der Waals surface area (Å²) in [6.07, 6.45) is 6.27. The molecule has 0 saturated carbocycles. The van der Waals surface area contributed by atoms with Crippen LogP contribution in [0.25, 0.3) is 0 Å². The molecular weight excluding hydrogens is 269 g/mol. The molecule has 0 aromatic heterocycles. The highest BCUT2D eigenvalue weighted by atomic mass is 35.5. The van der Waals surface area contributed by atoms with E-state index in [1.54, 1.807) is 6.26 Å². The molecule has 1 aromatic rings. The van der Waals surface area contributed by atoms with Gasteiger partial charge in [0.25, 0.3) is 0 Å². The summed E-state index contributed by atoms with van der Waals surface area (Å²) in [5.74, 6) is 0. The first kappa shape index (κ1) is 13.7. The predicted octanol–water partition coefficient (Wildman–Crippen LogP) is 4.34. The lowest BCUT2D eigenvalue weighted by atomic mass is 10.1. The topological polar surface area (TPSA) is 21.3 Å². The van der Waals surface area contributed by atoms with Crippen molar-refractivity contribution in [1.82, 2.24) is 5.32 Å². The molecule has 0 spiro atoms. The van der Waals surface area contributed by atoms with E-state index in [0.29, 0.717) is 10.0 Å². The van der Waals surface area contributed by atoms with Crippen LogP contribution in [0, 0.1) is 0 Å². The Labute approximate surface area is 118 Å². The summed E-state index contributed by atoms with van der Waals surface area (Å²) in [5.41, 5.74) is 1.13. The molecule has 18 heavy (non-hydrogen) atoms. The van der Waals surface area contributed by atoms with E-state index in [9.17, 15) is 0 Å². The van der Waals surface area contributed by atoms with Crippen LogP contribution in [-0.4, -0.2) is 12.6 Å². The molecule has 2 rings (SSSR count). The largest absolute Gasteiger partial charge is 0.497 e. The number of ether oxygens (including phenoxy) is 1. The van der Waals surface area contributed by atoms with Crippen LogP contribution in [0.3, 0.4) is 0 Å². The molecule has 2 atom stereocenters. The number of hydrogen-bond donors (Lipinski definition) is 1. The van der Waals surface area contributed by atoms with Crippen molar-refractivity contribution in [2.45, 2.75) is 31.9 Å². The molecule has 1 aliphatic heterocycles. The quantitative estimate of drug-likeness (QED) is 0.889. The first-order chi connectivity index (χ1) is 8.66. The third kappa shape index (κ3) is 3.64. The fourth-order valence-corrected chi connectivity index (χ4v) is 2.25. The number of halogens is 2. The van der Waals surface area contributed by atoms with Crippen molar-refractivity contribution in [1.29, 1.82) is 0 Å². The molecule has 0 saturated heterocycles. The van der Waals surface area contributed by atoms with Gasteiger partial charge in [0.05, 0.1) is 16.3 Å². The van der Waals surface area contributed by atoms with Crippen molar-refractivity contribution in [3.05, 3.63) is 46.1 Å². The summed E-state index contributed by atoms with van der Waals surface area (Å²) < 4.78 is 5.52. The van der Waals surface area contributed by atoms with Crippen molar-refractivity contribution >= 4 is 23.2 Å². The average molecular weight is 286 g/mol. The van der Waals surface area contributed by atoms with E-state index >= 15 is 0 Å². The molecule has 0 amide bonds. The SMILES string of the molecule is CC(NCC1CCC=CO1)c1ccc(Cl)c(Cl)c1. The van der Waals surface area contributed by atoms with Crippen LogP contribution in [0.1, 0.15) is 31.4 Å². The molecule has 1 N–H and O–H groups in total. The molecule has 1 aromatic carbocycles. The minimum absolute atomic E-state index is 0.231. The molecule has 1 heterocycles. The molecule has 4 heteroatoms. The summed E-state index contributed by atoms with van der Waals surface area (Å²) >= 11 is 11.9. The zero-order chi connectivity index (χ0) is 13.0. The van der Waals surface area contributed by atoms with Gasteiger partial charge >= 0.3 is 0 Å². The van der Waals surface area contributed by atoms with Gasteiger partial charge in [0, 0.05) is 12.6 Å². The standard InChI is InChI=1S/C14H17Cl2NO/c1-10(11-5-6-13(15)14(16)8-11)17-9-12-4-2-3-7-18-12/h3,5-8,10,12,17H,2,4,9H2,1H3. The highest BCUT2D eigenvalue weighted by Crippen LogP contribution is 2.25. The van der Waals surface area contributed by atoms with Crippen molar-refractivity contribution in [3.63, 3.8) is 0 Å². The second-order valence-electron chi connectivity index (χ2n) is 4.51. The first-order valence-electron chi connectivity index (χ1n) is 6.15. The predicted molar refractivity (Wildman–Crippen MR) is 76.1 cm³/mol. The van der Waals surface area contributed by atoms with Crippen molar-refractivity contribution < 1.29 is 4.74 Å². The van der Waals surface area contributed by atoms with E-state index < -0.39 is 0 Å². The van der Waals surface area contributed by atoms with E-state index in [-0.39, 0.29) is 12.1 Å². The molecule has 2 unspecified atom stereocenters. The summed E-state index contributed by atoms with van der Waals surface area (Å²) in [5, 5.41) is 4.64. The number of rotatable bonds is 4. The lowest BCUT2D eigenvalue weighted by Gasteiger charge is -2.22. The number of benzene rings is 1. The maximum absolute atomic E-state index is 6.01. The Bertz CT molecular complexity index is 434. The van der Waals surface area contributed by atoms with Gasteiger partial charge in [-0.15, -0.1) is 0 Å². The number of allylic oxidation sites excluding steroid dienone is 1. The lowest BCUT2D eigenvalue weighted by molar-refractivity contribution is 0.120. The van der Waals surface area contributed by atoms with E-state index in [4.69, 9.17) is 27.9 Å². The van der Waals surface area contributed by atoms with E-state index in [1.165, 1.54) is 0 Å². The normalized spacial score (nSPS) is 20.5. The van der Waals surface area contributed by atoms with Crippen LogP contribution in [0.5, 0.6) is 0 Å². The zero-order valence-corrected chi connectivity index (χ0v) is 11.8. The molecular formula is C14H17Cl2NO. The van der Waals surface area contributed by atoms with Crippen molar-refractivity contribution in [2.75, 3.05) is 6.54 Å². The summed E-state index contributed by atoms with van der Waals surface area (Å²) in [6, 6.07) is 5.96. The number of hydrogen-bond acceptors (Lipinski definition) is 2. The third-order valence-corrected chi connectivity index (χ3v) is 3.86. The highest BCUT2D eigenvalue weighted by Gasteiger charge is 2.13. The Morgan fingerprint density at radius 1 is 1.39 bits per heavy atom. The molecule has 0 bridgehead atoms. The van der Waals surface area contributed by atoms with Gasteiger partial charge in [-0.2, -0.15) is 0 Å². The molecule has 1 aliphatic rings. The summed E-state index contributed by atoms with van der Waals surface area (Å²) in [6.45, 7) is 2.95. The molecule has 2 nitrogen and oxygen atoms in total. The van der Waals surface area contributed by atoms with Gasteiger partial charge in [0.1, 0.15) is 6.10 Å². The fraction of sp³-hybridized carbons (Fsp3) is 0.429. The molecule has 0 aliphatic carbocycles. The highest BCUT2D eigenvalue weighted by molar-refractivity contribution is 6.42. The second-order valence-corrected chi connectivity index (χ2v) is 5.33. The van der Waals surface area contributed by atoms with E-state index in [1.807, 2.05) is 18.2 Å². The molecule has 0 radical (unpaired) electrons. The Hall–Kier alpha value is -0.700. The van der Waals surface area contributed by atoms with Crippen LogP contribution < -0.4 is 5.32 Å². The Kier molecular flexibility index (Phi) is 4.93. The van der Waals surface area contributed by atoms with Crippen LogP contribution in [0.2, 0.25) is 10.0 Å². The van der Waals surface area contributed by atoms with E-state index in [0.717, 1.165) is 24.9 Å². The van der Waals surface area contributed by atoms with Gasteiger partial charge in [-0.3, -0.25) is 0 Å². The molecule has 0 fully saturated rings. The monoisotopic (exact) mass is 285 g/mol. The fourth-order valence-electron chi connectivity index (χ4n) is 1.94. The van der Waals surface area contributed by atoms with Gasteiger partial charge < -0.3 is 10.1 Å². The van der Waals surface area contributed by atoms with Crippen LogP contribution >= 0.6 is 23.2 Å². The van der Waals surface area contributed by atoms with Gasteiger partial charge in [0.15, 0.2) is 0 Å². The lowest BCUT2D eigenvalue weighted by Crippen LogP contribution is -2.31. The van der Waals surface area contributed by atoms with Crippen LogP contribution in [0.15, 0.2) is 30.5 Å². The van der Waals surface area contributed by atoms with Crippen LogP contribution in [-0.2, 0) is 4.74 Å². The van der Waals surface area contributed by atoms with Gasteiger partial charge in [-0.1, -0.05) is 29.3 Å². The maximum atomic E-state index is 6.01. The Balaban J connectivity index is 1.88. The van der Waals surface area contributed by atoms with Crippen molar-refractivity contribution in [2.24, 2.45) is 0 Å². The number of nitrogens with one attached hydrogen (secondary N) is 1. The Morgan fingerprint density at radius 3 is 2.89 bits per heavy atom. The van der Waals surface area contributed by atoms with Gasteiger partial charge in [0.2, 0.25) is 0 Å². The Morgan fingerprint density at radius 2 is 2.22 bits per heavy atom. The third-order valence-electron chi connectivity index (χ3n) is 3.12. The maximum Gasteiger partial charge on any atom is 0.110 e. The zero-order valence-electron chi connectivity index (χ0n) is 10.3. The summed E-state index contributed by atoms with van der Waals surface area (Å²) in [4.78, 5) is 0. The first-order valence-corrected chi connectivity index (χ1v) is 6.91. The average Bonchev–Trinajstić information content (AvgIpc) is 2.40. The minimum Gasteiger partial charge on any atom is -0.497 e. The smallest absolute Gasteiger partial charge is 0.110 e. The van der Waals surface area contributed by atoms with Crippen molar-refractivity contribution in [3.8, 4) is 0 Å². The summed E-state index contributed by atoms with van der Waals surface area (Å²) in [7, 11) is 0. The van der Waals surface area contributed by atoms with Gasteiger partial charge in [-0.25, -0.2) is 0 Å². The second kappa shape index (κ2) is 6.46. The van der Waals surface area contributed by atoms with E-state index in [2.05, 4.69) is 18.3 Å². The molecule has 98 valence electrons. The van der Waals surface area contributed by atoms with Crippen LogP contribution in [0.4, 0.5) is 0 Å².